The monoisotopic (exact) mass is 615 g/mol. The third-order valence-electron chi connectivity index (χ3n) is 7.36. The van der Waals surface area contributed by atoms with Crippen molar-refractivity contribution in [1.82, 2.24) is 5.32 Å². The van der Waals surface area contributed by atoms with Gasteiger partial charge in [0.2, 0.25) is 5.54 Å². The molecule has 1 atom stereocenters. The number of hydrogen-bond acceptors (Lipinski definition) is 8. The highest BCUT2D eigenvalue weighted by atomic mass is 19.1. The van der Waals surface area contributed by atoms with Gasteiger partial charge >= 0.3 is 11.9 Å². The summed E-state index contributed by atoms with van der Waals surface area (Å²) in [6, 6.07) is 19.2. The van der Waals surface area contributed by atoms with Crippen LogP contribution in [0.15, 0.2) is 83.0 Å². The fourth-order valence-corrected chi connectivity index (χ4v) is 4.98. The summed E-state index contributed by atoms with van der Waals surface area (Å²) in [6.45, 7) is 6.84. The maximum absolute atomic E-state index is 13.9. The number of amides is 1. The molecule has 3 aromatic rings. The van der Waals surface area contributed by atoms with Crippen LogP contribution in [0, 0.1) is 12.7 Å². The molecular weight excluding hydrogens is 577 g/mol. The van der Waals surface area contributed by atoms with E-state index in [4.69, 9.17) is 9.47 Å². The predicted molar refractivity (Wildman–Crippen MR) is 165 cm³/mol. The van der Waals surface area contributed by atoms with E-state index in [1.165, 1.54) is 25.1 Å². The summed E-state index contributed by atoms with van der Waals surface area (Å²) in [6.07, 6.45) is 2.62. The Morgan fingerprint density at radius 3 is 2.20 bits per heavy atom. The molecule has 0 saturated heterocycles. The van der Waals surface area contributed by atoms with Gasteiger partial charge in [0.15, 0.2) is 5.78 Å². The molecular formula is C35H38FN3O6. The fraction of sp³-hybridized carbons (Fsp3) is 0.371. The van der Waals surface area contributed by atoms with Gasteiger partial charge in [-0.1, -0.05) is 42.5 Å². The molecule has 9 nitrogen and oxygen atoms in total. The summed E-state index contributed by atoms with van der Waals surface area (Å²) < 4.78 is 25.2. The Morgan fingerprint density at radius 2 is 1.58 bits per heavy atom. The number of esters is 2. The highest BCUT2D eigenvalue weighted by molar-refractivity contribution is 6.07. The first-order valence-electron chi connectivity index (χ1n) is 15.0. The molecule has 0 bridgehead atoms. The topological polar surface area (TPSA) is 123 Å². The number of Topliss-reactive ketones (excluding diaryl/α,β-unsaturated/α-hetero) is 1. The van der Waals surface area contributed by atoms with E-state index in [0.717, 1.165) is 25.7 Å². The number of ether oxygens (including phenoxy) is 2. The van der Waals surface area contributed by atoms with Gasteiger partial charge in [-0.25, -0.2) is 14.0 Å². The van der Waals surface area contributed by atoms with E-state index in [1.54, 1.807) is 75.4 Å². The molecule has 0 spiro atoms. The molecule has 4 rings (SSSR count). The van der Waals surface area contributed by atoms with Crippen molar-refractivity contribution in [2.24, 2.45) is 10.2 Å². The molecule has 0 aliphatic heterocycles. The number of carbonyl (C=O) groups excluding carboxylic acids is 4. The molecule has 45 heavy (non-hydrogen) atoms. The lowest BCUT2D eigenvalue weighted by atomic mass is 9.88. The highest BCUT2D eigenvalue weighted by Crippen LogP contribution is 2.31. The Labute approximate surface area is 262 Å². The van der Waals surface area contributed by atoms with Crippen LogP contribution in [0.25, 0.3) is 0 Å². The summed E-state index contributed by atoms with van der Waals surface area (Å²) in [7, 11) is 0. The van der Waals surface area contributed by atoms with Crippen LogP contribution >= 0.6 is 0 Å². The Kier molecular flexibility index (Phi) is 10.7. The molecule has 1 aliphatic rings. The Hall–Kier alpha value is -4.57. The number of hydrogen-bond donors (Lipinski definition) is 1. The third kappa shape index (κ3) is 8.76. The van der Waals surface area contributed by atoms with Crippen LogP contribution in [0.3, 0.4) is 0 Å². The van der Waals surface area contributed by atoms with E-state index < -0.39 is 47.0 Å². The standard InChI is InChI=1S/C35H38FN3O6/c1-23-20-25(16-19-29(23)36)30(40)21-31(41)39-38-27-17-14-24(15-18-27)22-37-35(26-10-6-5-7-11-26,33(43)45-34(2,3)4)32(42)44-28-12-8-9-13-28/h5-7,10-11,14-20,28,37H,8-9,12-13,21-22H2,1-4H3. The molecule has 1 amide bonds. The van der Waals surface area contributed by atoms with Gasteiger partial charge in [0.25, 0.3) is 5.91 Å². The molecule has 0 radical (unpaired) electrons. The van der Waals surface area contributed by atoms with Crippen LogP contribution < -0.4 is 5.32 Å². The molecule has 0 aromatic heterocycles. The second-order valence-corrected chi connectivity index (χ2v) is 12.1. The van der Waals surface area contributed by atoms with E-state index in [2.05, 4.69) is 15.5 Å². The maximum atomic E-state index is 13.9. The van der Waals surface area contributed by atoms with Crippen LogP contribution in [-0.2, 0) is 35.9 Å². The number of carbonyl (C=O) groups is 4. The van der Waals surface area contributed by atoms with Crippen molar-refractivity contribution in [3.63, 3.8) is 0 Å². The minimum atomic E-state index is -1.92. The van der Waals surface area contributed by atoms with E-state index in [-0.39, 0.29) is 18.2 Å². The van der Waals surface area contributed by atoms with Gasteiger partial charge in [-0.3, -0.25) is 14.9 Å². The summed E-state index contributed by atoms with van der Waals surface area (Å²) in [4.78, 5) is 52.4. The van der Waals surface area contributed by atoms with Crippen LogP contribution in [0.5, 0.6) is 0 Å². The number of halogens is 1. The Bertz CT molecular complexity index is 1560. The maximum Gasteiger partial charge on any atom is 0.343 e. The average molecular weight is 616 g/mol. The molecule has 1 N–H and O–H groups in total. The number of benzene rings is 3. The van der Waals surface area contributed by atoms with Crippen molar-refractivity contribution in [2.75, 3.05) is 0 Å². The second-order valence-electron chi connectivity index (χ2n) is 12.1. The van der Waals surface area contributed by atoms with Crippen LogP contribution in [0.2, 0.25) is 0 Å². The van der Waals surface area contributed by atoms with Crippen LogP contribution in [0.4, 0.5) is 10.1 Å². The normalized spacial score (nSPS) is 15.0. The van der Waals surface area contributed by atoms with Gasteiger partial charge in [-0.15, -0.1) is 10.2 Å². The van der Waals surface area contributed by atoms with E-state index in [0.29, 0.717) is 22.4 Å². The van der Waals surface area contributed by atoms with Crippen molar-refractivity contribution in [1.29, 1.82) is 0 Å². The second kappa shape index (κ2) is 14.5. The predicted octanol–water partition coefficient (Wildman–Crippen LogP) is 6.83. The molecule has 1 aliphatic carbocycles. The summed E-state index contributed by atoms with van der Waals surface area (Å²) in [5.41, 5.74) is -0.784. The van der Waals surface area contributed by atoms with Crippen LogP contribution in [-0.4, -0.2) is 35.3 Å². The van der Waals surface area contributed by atoms with E-state index >= 15 is 0 Å². The lowest BCUT2D eigenvalue weighted by molar-refractivity contribution is -0.177. The first-order chi connectivity index (χ1) is 21.4. The van der Waals surface area contributed by atoms with Crippen molar-refractivity contribution < 1.29 is 33.0 Å². The van der Waals surface area contributed by atoms with Crippen molar-refractivity contribution in [2.45, 2.75) is 83.6 Å². The quantitative estimate of drug-likeness (QED) is 0.109. The molecule has 0 heterocycles. The zero-order valence-corrected chi connectivity index (χ0v) is 26.0. The number of ketones is 1. The molecule has 1 fully saturated rings. The van der Waals surface area contributed by atoms with Crippen LogP contribution in [0.1, 0.15) is 79.9 Å². The van der Waals surface area contributed by atoms with E-state index in [9.17, 15) is 23.6 Å². The van der Waals surface area contributed by atoms with Gasteiger partial charge in [-0.05, 0) is 100 Å². The number of nitrogens with one attached hydrogen (secondary N) is 1. The zero-order valence-electron chi connectivity index (χ0n) is 26.0. The SMILES string of the molecule is Cc1cc(C(=O)CC(=O)N=Nc2ccc(CNC(C(=O)OC3CCCC3)(C(=O)OC(C)(C)C)c3ccccc3)cc2)ccc1F. The fourth-order valence-electron chi connectivity index (χ4n) is 4.98. The summed E-state index contributed by atoms with van der Waals surface area (Å²) in [5, 5.41) is 10.7. The van der Waals surface area contributed by atoms with Gasteiger partial charge in [-0.2, -0.15) is 0 Å². The van der Waals surface area contributed by atoms with Gasteiger partial charge in [0, 0.05) is 12.1 Å². The lowest BCUT2D eigenvalue weighted by Crippen LogP contribution is -2.58. The largest absolute Gasteiger partial charge is 0.460 e. The van der Waals surface area contributed by atoms with Gasteiger partial charge in [0.1, 0.15) is 17.5 Å². The van der Waals surface area contributed by atoms with Crippen molar-refractivity contribution >= 4 is 29.3 Å². The smallest absolute Gasteiger partial charge is 0.343 e. The molecule has 10 heteroatoms. The number of nitrogens with zero attached hydrogens (tertiary/aromatic N) is 2. The Morgan fingerprint density at radius 1 is 0.911 bits per heavy atom. The van der Waals surface area contributed by atoms with Gasteiger partial charge in [0.05, 0.1) is 12.1 Å². The van der Waals surface area contributed by atoms with E-state index in [1.807, 2.05) is 0 Å². The average Bonchev–Trinajstić information content (AvgIpc) is 3.51. The lowest BCUT2D eigenvalue weighted by Gasteiger charge is -2.34. The molecule has 1 saturated carbocycles. The Balaban J connectivity index is 1.50. The molecule has 1 unspecified atom stereocenters. The first-order valence-corrected chi connectivity index (χ1v) is 15.0. The molecule has 236 valence electrons. The van der Waals surface area contributed by atoms with Crippen molar-refractivity contribution in [3.8, 4) is 0 Å². The molecule has 3 aromatic carbocycles. The number of aryl methyl sites for hydroxylation is 1. The highest BCUT2D eigenvalue weighted by Gasteiger charge is 2.52. The minimum Gasteiger partial charge on any atom is -0.460 e. The third-order valence-corrected chi connectivity index (χ3v) is 7.36. The van der Waals surface area contributed by atoms with Gasteiger partial charge < -0.3 is 9.47 Å². The zero-order chi connectivity index (χ0) is 32.6. The minimum absolute atomic E-state index is 0.0931. The first kappa shape index (κ1) is 33.3. The van der Waals surface area contributed by atoms with Crippen molar-refractivity contribution in [3.05, 3.63) is 101 Å². The summed E-state index contributed by atoms with van der Waals surface area (Å²) in [5.74, 6) is -3.14. The number of rotatable bonds is 11. The summed E-state index contributed by atoms with van der Waals surface area (Å²) >= 11 is 0. The number of azo groups is 1.